The summed E-state index contributed by atoms with van der Waals surface area (Å²) in [6.45, 7) is 1.73. The number of nitrogens with two attached hydrogens (primary N) is 1. The molecule has 0 saturated heterocycles. The molecule has 1 aromatic carbocycles. The van der Waals surface area contributed by atoms with Crippen molar-refractivity contribution in [2.24, 2.45) is 0 Å². The molecule has 2 aromatic rings. The highest BCUT2D eigenvalue weighted by Crippen LogP contribution is 2.27. The molecule has 0 aliphatic heterocycles. The summed E-state index contributed by atoms with van der Waals surface area (Å²) in [5, 5.41) is 10.6. The minimum Gasteiger partial charge on any atom is -0.439 e. The number of hydrogen-bond donors (Lipinski definition) is 1. The van der Waals surface area contributed by atoms with Crippen LogP contribution in [0.4, 0.5) is 11.5 Å². The van der Waals surface area contributed by atoms with Crippen molar-refractivity contribution in [1.29, 1.82) is 0 Å². The van der Waals surface area contributed by atoms with Crippen molar-refractivity contribution < 1.29 is 9.66 Å². The maximum absolute atomic E-state index is 10.6. The number of nitro groups is 1. The standard InChI is InChI=1S/C12H11N3O3/c1-8-7-9(15(16)17)5-6-10(8)18-12-4-2-3-11(13)14-12/h2-7H,1H3,(H2,13,14). The fourth-order valence-corrected chi connectivity index (χ4v) is 1.46. The van der Waals surface area contributed by atoms with Gasteiger partial charge < -0.3 is 10.5 Å². The molecule has 6 heteroatoms. The van der Waals surface area contributed by atoms with Crippen LogP contribution in [0, 0.1) is 17.0 Å². The third-order valence-electron chi connectivity index (χ3n) is 2.33. The van der Waals surface area contributed by atoms with Gasteiger partial charge in [0.15, 0.2) is 0 Å². The Bertz CT molecular complexity index is 599. The lowest BCUT2D eigenvalue weighted by molar-refractivity contribution is -0.384. The second-order valence-corrected chi connectivity index (χ2v) is 3.71. The predicted octanol–water partition coefficient (Wildman–Crippen LogP) is 2.67. The zero-order valence-electron chi connectivity index (χ0n) is 9.66. The molecule has 6 nitrogen and oxygen atoms in total. The molecular weight excluding hydrogens is 234 g/mol. The molecule has 2 rings (SSSR count). The van der Waals surface area contributed by atoms with Gasteiger partial charge in [-0.2, -0.15) is 4.98 Å². The van der Waals surface area contributed by atoms with Crippen LogP contribution in [0.3, 0.4) is 0 Å². The van der Waals surface area contributed by atoms with E-state index in [1.54, 1.807) is 31.2 Å². The molecule has 1 aromatic heterocycles. The molecule has 92 valence electrons. The topological polar surface area (TPSA) is 91.3 Å². The number of aromatic nitrogens is 1. The molecule has 0 saturated carbocycles. The molecular formula is C12H11N3O3. The van der Waals surface area contributed by atoms with Crippen molar-refractivity contribution in [2.75, 3.05) is 5.73 Å². The van der Waals surface area contributed by atoms with E-state index in [9.17, 15) is 10.1 Å². The second kappa shape index (κ2) is 4.70. The highest BCUT2D eigenvalue weighted by molar-refractivity contribution is 5.44. The quantitative estimate of drug-likeness (QED) is 0.663. The van der Waals surface area contributed by atoms with Gasteiger partial charge in [-0.15, -0.1) is 0 Å². The predicted molar refractivity (Wildman–Crippen MR) is 66.6 cm³/mol. The third-order valence-corrected chi connectivity index (χ3v) is 2.33. The number of non-ortho nitro benzene ring substituents is 1. The number of nitro benzene ring substituents is 1. The number of nitrogens with zero attached hydrogens (tertiary/aromatic N) is 2. The van der Waals surface area contributed by atoms with E-state index in [0.29, 0.717) is 23.0 Å². The first kappa shape index (κ1) is 11.8. The molecule has 2 N–H and O–H groups in total. The van der Waals surface area contributed by atoms with Crippen molar-refractivity contribution in [3.8, 4) is 11.6 Å². The Morgan fingerprint density at radius 2 is 2.11 bits per heavy atom. The lowest BCUT2D eigenvalue weighted by atomic mass is 10.2. The van der Waals surface area contributed by atoms with Gasteiger partial charge in [0.2, 0.25) is 5.88 Å². The molecule has 0 aliphatic rings. The summed E-state index contributed by atoms with van der Waals surface area (Å²) < 4.78 is 5.51. The molecule has 0 bridgehead atoms. The fraction of sp³-hybridized carbons (Fsp3) is 0.0833. The van der Waals surface area contributed by atoms with E-state index in [2.05, 4.69) is 4.98 Å². The highest BCUT2D eigenvalue weighted by atomic mass is 16.6. The summed E-state index contributed by atoms with van der Waals surface area (Å²) in [5.74, 6) is 1.22. The smallest absolute Gasteiger partial charge is 0.269 e. The maximum atomic E-state index is 10.6. The third kappa shape index (κ3) is 2.54. The van der Waals surface area contributed by atoms with Gasteiger partial charge in [0, 0.05) is 18.2 Å². The molecule has 0 fully saturated rings. The van der Waals surface area contributed by atoms with Gasteiger partial charge in [0.1, 0.15) is 11.6 Å². The van der Waals surface area contributed by atoms with E-state index in [-0.39, 0.29) is 5.69 Å². The van der Waals surface area contributed by atoms with Crippen LogP contribution in [-0.2, 0) is 0 Å². The highest BCUT2D eigenvalue weighted by Gasteiger charge is 2.09. The molecule has 0 aliphatic carbocycles. The Morgan fingerprint density at radius 3 is 2.72 bits per heavy atom. The van der Waals surface area contributed by atoms with Gasteiger partial charge in [-0.25, -0.2) is 0 Å². The summed E-state index contributed by atoms with van der Waals surface area (Å²) in [7, 11) is 0. The number of pyridine rings is 1. The zero-order valence-corrected chi connectivity index (χ0v) is 9.66. The molecule has 0 radical (unpaired) electrons. The summed E-state index contributed by atoms with van der Waals surface area (Å²) in [4.78, 5) is 14.1. The van der Waals surface area contributed by atoms with Gasteiger partial charge in [0.05, 0.1) is 4.92 Å². The van der Waals surface area contributed by atoms with E-state index >= 15 is 0 Å². The molecule has 1 heterocycles. The second-order valence-electron chi connectivity index (χ2n) is 3.71. The van der Waals surface area contributed by atoms with Crippen LogP contribution in [0.25, 0.3) is 0 Å². The van der Waals surface area contributed by atoms with E-state index in [1.807, 2.05) is 0 Å². The van der Waals surface area contributed by atoms with Gasteiger partial charge in [-0.3, -0.25) is 10.1 Å². The lowest BCUT2D eigenvalue weighted by Gasteiger charge is -2.07. The minimum absolute atomic E-state index is 0.0281. The van der Waals surface area contributed by atoms with Gasteiger partial charge in [-0.1, -0.05) is 6.07 Å². The number of aryl methyl sites for hydroxylation is 1. The van der Waals surface area contributed by atoms with Crippen LogP contribution >= 0.6 is 0 Å². The molecule has 0 unspecified atom stereocenters. The Hall–Kier alpha value is -2.63. The Kier molecular flexibility index (Phi) is 3.09. The SMILES string of the molecule is Cc1cc([N+](=O)[O-])ccc1Oc1cccc(N)n1. The number of benzene rings is 1. The van der Waals surface area contributed by atoms with Crippen molar-refractivity contribution >= 4 is 11.5 Å². The average Bonchev–Trinajstić information content (AvgIpc) is 2.31. The zero-order chi connectivity index (χ0) is 13.1. The summed E-state index contributed by atoms with van der Waals surface area (Å²) in [6, 6.07) is 9.40. The largest absolute Gasteiger partial charge is 0.439 e. The monoisotopic (exact) mass is 245 g/mol. The van der Waals surface area contributed by atoms with Crippen LogP contribution in [0.2, 0.25) is 0 Å². The van der Waals surface area contributed by atoms with Gasteiger partial charge in [-0.05, 0) is 24.6 Å². The Labute approximate surface area is 103 Å². The van der Waals surface area contributed by atoms with Crippen LogP contribution < -0.4 is 10.5 Å². The summed E-state index contributed by atoms with van der Waals surface area (Å²) in [5.41, 5.74) is 6.22. The Morgan fingerprint density at radius 1 is 1.33 bits per heavy atom. The summed E-state index contributed by atoms with van der Waals surface area (Å²) >= 11 is 0. The van der Waals surface area contributed by atoms with E-state index < -0.39 is 4.92 Å². The Balaban J connectivity index is 2.27. The van der Waals surface area contributed by atoms with Gasteiger partial charge >= 0.3 is 0 Å². The number of nitrogen functional groups attached to an aromatic ring is 1. The first-order valence-electron chi connectivity index (χ1n) is 5.21. The lowest BCUT2D eigenvalue weighted by Crippen LogP contribution is -1.95. The first-order valence-corrected chi connectivity index (χ1v) is 5.21. The maximum Gasteiger partial charge on any atom is 0.269 e. The van der Waals surface area contributed by atoms with Crippen molar-refractivity contribution in [3.05, 3.63) is 52.1 Å². The number of hydrogen-bond acceptors (Lipinski definition) is 5. The number of rotatable bonds is 3. The molecule has 0 amide bonds. The normalized spacial score (nSPS) is 10.1. The van der Waals surface area contributed by atoms with Crippen molar-refractivity contribution in [2.45, 2.75) is 6.92 Å². The summed E-state index contributed by atoms with van der Waals surface area (Å²) in [6.07, 6.45) is 0. The van der Waals surface area contributed by atoms with Crippen molar-refractivity contribution in [1.82, 2.24) is 4.98 Å². The fourth-order valence-electron chi connectivity index (χ4n) is 1.46. The number of ether oxygens (including phenoxy) is 1. The molecule has 18 heavy (non-hydrogen) atoms. The van der Waals surface area contributed by atoms with Crippen LogP contribution in [0.1, 0.15) is 5.56 Å². The van der Waals surface area contributed by atoms with E-state index in [1.165, 1.54) is 12.1 Å². The van der Waals surface area contributed by atoms with E-state index in [4.69, 9.17) is 10.5 Å². The minimum atomic E-state index is -0.449. The van der Waals surface area contributed by atoms with Crippen LogP contribution in [0.15, 0.2) is 36.4 Å². The van der Waals surface area contributed by atoms with Gasteiger partial charge in [0.25, 0.3) is 5.69 Å². The average molecular weight is 245 g/mol. The van der Waals surface area contributed by atoms with Crippen LogP contribution in [0.5, 0.6) is 11.6 Å². The van der Waals surface area contributed by atoms with Crippen molar-refractivity contribution in [3.63, 3.8) is 0 Å². The first-order chi connectivity index (χ1) is 8.56. The van der Waals surface area contributed by atoms with E-state index in [0.717, 1.165) is 0 Å². The molecule has 0 atom stereocenters. The number of anilines is 1. The van der Waals surface area contributed by atoms with Crippen LogP contribution in [-0.4, -0.2) is 9.91 Å². The molecule has 0 spiro atoms.